The van der Waals surface area contributed by atoms with Gasteiger partial charge in [-0.3, -0.25) is 0 Å². The summed E-state index contributed by atoms with van der Waals surface area (Å²) in [5.41, 5.74) is 0.435. The highest BCUT2D eigenvalue weighted by Gasteiger charge is 2.05. The first-order valence-corrected chi connectivity index (χ1v) is 6.91. The van der Waals surface area contributed by atoms with E-state index in [9.17, 15) is 17.9 Å². The van der Waals surface area contributed by atoms with Crippen LogP contribution < -0.4 is 10.0 Å². The van der Waals surface area contributed by atoms with E-state index in [-0.39, 0.29) is 18.8 Å². The Morgan fingerprint density at radius 3 is 2.71 bits per heavy atom. The number of benzene rings is 1. The molecule has 0 unspecified atom stereocenters. The fraction of sp³-hybridized carbons (Fsp3) is 0.400. The molecule has 0 radical (unpaired) electrons. The van der Waals surface area contributed by atoms with Crippen LogP contribution in [0.5, 0.6) is 5.75 Å². The highest BCUT2D eigenvalue weighted by Crippen LogP contribution is 2.19. The number of halogens is 1. The minimum absolute atomic E-state index is 0.245. The number of sulfonamides is 1. The minimum Gasteiger partial charge on any atom is -0.505 e. The molecule has 96 valence electrons. The molecule has 0 saturated heterocycles. The highest BCUT2D eigenvalue weighted by atomic mass is 32.2. The van der Waals surface area contributed by atoms with Gasteiger partial charge >= 0.3 is 0 Å². The molecule has 17 heavy (non-hydrogen) atoms. The quantitative estimate of drug-likeness (QED) is 0.639. The lowest BCUT2D eigenvalue weighted by Crippen LogP contribution is -2.30. The zero-order valence-electron chi connectivity index (χ0n) is 9.40. The summed E-state index contributed by atoms with van der Waals surface area (Å²) in [5.74, 6) is -1.05. The number of phenols is 1. The Kier molecular flexibility index (Phi) is 4.86. The van der Waals surface area contributed by atoms with Crippen LogP contribution in [0.4, 0.5) is 4.39 Å². The van der Waals surface area contributed by atoms with Crippen molar-refractivity contribution in [2.24, 2.45) is 0 Å². The van der Waals surface area contributed by atoms with Gasteiger partial charge in [0.15, 0.2) is 11.6 Å². The monoisotopic (exact) mass is 262 g/mol. The number of phenolic OH excluding ortho intramolecular Hbond substituents is 1. The summed E-state index contributed by atoms with van der Waals surface area (Å²) in [6, 6.07) is 4.26. The number of nitrogens with one attached hydrogen (secondary N) is 2. The fourth-order valence-electron chi connectivity index (χ4n) is 1.25. The van der Waals surface area contributed by atoms with Crippen molar-refractivity contribution in [3.05, 3.63) is 29.6 Å². The number of hydrogen-bond donors (Lipinski definition) is 3. The molecule has 0 heterocycles. The minimum atomic E-state index is -3.18. The number of rotatable bonds is 6. The SMILES string of the molecule is CS(=O)(=O)NCCNCc1cccc(F)c1O. The van der Waals surface area contributed by atoms with Crippen LogP contribution >= 0.6 is 0 Å². The second-order valence-electron chi connectivity index (χ2n) is 3.59. The second kappa shape index (κ2) is 5.95. The molecule has 0 aliphatic carbocycles. The lowest BCUT2D eigenvalue weighted by atomic mass is 10.2. The van der Waals surface area contributed by atoms with Gasteiger partial charge in [0.1, 0.15) is 0 Å². The van der Waals surface area contributed by atoms with Crippen molar-refractivity contribution >= 4 is 10.0 Å². The van der Waals surface area contributed by atoms with Gasteiger partial charge in [0.05, 0.1) is 6.26 Å². The topological polar surface area (TPSA) is 78.4 Å². The van der Waals surface area contributed by atoms with Gasteiger partial charge in [-0.1, -0.05) is 12.1 Å². The molecule has 1 aromatic rings. The maximum atomic E-state index is 12.9. The van der Waals surface area contributed by atoms with Crippen LogP contribution in [0.1, 0.15) is 5.56 Å². The summed E-state index contributed by atoms with van der Waals surface area (Å²) in [6.07, 6.45) is 1.07. The van der Waals surface area contributed by atoms with Crippen molar-refractivity contribution < 1.29 is 17.9 Å². The molecular formula is C10H15FN2O3S. The van der Waals surface area contributed by atoms with E-state index in [0.29, 0.717) is 12.1 Å². The van der Waals surface area contributed by atoms with Gasteiger partial charge in [0.2, 0.25) is 10.0 Å². The first-order chi connectivity index (χ1) is 7.90. The van der Waals surface area contributed by atoms with E-state index in [1.165, 1.54) is 12.1 Å². The molecule has 5 nitrogen and oxygen atoms in total. The first-order valence-electron chi connectivity index (χ1n) is 5.02. The molecule has 0 aliphatic rings. The smallest absolute Gasteiger partial charge is 0.208 e. The Balaban J connectivity index is 2.34. The zero-order valence-corrected chi connectivity index (χ0v) is 10.2. The fourth-order valence-corrected chi connectivity index (χ4v) is 1.72. The maximum absolute atomic E-state index is 12.9. The summed E-state index contributed by atoms with van der Waals surface area (Å²) < 4.78 is 36.7. The van der Waals surface area contributed by atoms with Gasteiger partial charge in [-0.2, -0.15) is 0 Å². The van der Waals surface area contributed by atoms with Crippen molar-refractivity contribution in [2.75, 3.05) is 19.3 Å². The Bertz CT molecular complexity index is 476. The van der Waals surface area contributed by atoms with E-state index < -0.39 is 15.8 Å². The Morgan fingerprint density at radius 1 is 1.35 bits per heavy atom. The van der Waals surface area contributed by atoms with Gasteiger partial charge in [0, 0.05) is 25.2 Å². The Labute approximate surface area is 99.7 Å². The van der Waals surface area contributed by atoms with Gasteiger partial charge in [-0.25, -0.2) is 17.5 Å². The average molecular weight is 262 g/mol. The molecule has 3 N–H and O–H groups in total. The maximum Gasteiger partial charge on any atom is 0.208 e. The Hall–Kier alpha value is -1.18. The molecule has 1 rings (SSSR count). The predicted molar refractivity (Wildman–Crippen MR) is 62.6 cm³/mol. The summed E-state index contributed by atoms with van der Waals surface area (Å²) in [7, 11) is -3.18. The van der Waals surface area contributed by atoms with Crippen LogP contribution in [0.25, 0.3) is 0 Å². The van der Waals surface area contributed by atoms with Crippen molar-refractivity contribution in [2.45, 2.75) is 6.54 Å². The molecule has 0 bridgehead atoms. The molecule has 0 spiro atoms. The molecule has 0 saturated carbocycles. The third-order valence-electron chi connectivity index (χ3n) is 2.05. The summed E-state index contributed by atoms with van der Waals surface area (Å²) in [6.45, 7) is 0.910. The lowest BCUT2D eigenvalue weighted by molar-refractivity contribution is 0.423. The van der Waals surface area contributed by atoms with Gasteiger partial charge < -0.3 is 10.4 Å². The molecule has 1 aromatic carbocycles. The molecule has 0 atom stereocenters. The van der Waals surface area contributed by atoms with Gasteiger partial charge in [0.25, 0.3) is 0 Å². The van der Waals surface area contributed by atoms with Crippen LogP contribution in [-0.2, 0) is 16.6 Å². The van der Waals surface area contributed by atoms with E-state index in [4.69, 9.17) is 0 Å². The van der Waals surface area contributed by atoms with Crippen molar-refractivity contribution in [1.82, 2.24) is 10.0 Å². The van der Waals surface area contributed by atoms with Crippen molar-refractivity contribution in [3.63, 3.8) is 0 Å². The first kappa shape index (κ1) is 13.9. The average Bonchev–Trinajstić information content (AvgIpc) is 2.22. The van der Waals surface area contributed by atoms with E-state index >= 15 is 0 Å². The summed E-state index contributed by atoms with van der Waals surface area (Å²) in [4.78, 5) is 0. The third kappa shape index (κ3) is 5.12. The van der Waals surface area contributed by atoms with E-state index in [2.05, 4.69) is 10.0 Å². The molecule has 0 fully saturated rings. The van der Waals surface area contributed by atoms with Gasteiger partial charge in [-0.15, -0.1) is 0 Å². The molecule has 0 amide bonds. The van der Waals surface area contributed by atoms with E-state index in [1.54, 1.807) is 6.07 Å². The van der Waals surface area contributed by atoms with Crippen molar-refractivity contribution in [3.8, 4) is 5.75 Å². The van der Waals surface area contributed by atoms with Crippen molar-refractivity contribution in [1.29, 1.82) is 0 Å². The summed E-state index contributed by atoms with van der Waals surface area (Å²) >= 11 is 0. The zero-order chi connectivity index (χ0) is 12.9. The number of aromatic hydroxyl groups is 1. The van der Waals surface area contributed by atoms with E-state index in [0.717, 1.165) is 6.26 Å². The molecule has 0 aliphatic heterocycles. The van der Waals surface area contributed by atoms with Crippen LogP contribution in [0.15, 0.2) is 18.2 Å². The normalized spacial score (nSPS) is 11.6. The standard InChI is InChI=1S/C10H15FN2O3S/c1-17(15,16)13-6-5-12-7-8-3-2-4-9(11)10(8)14/h2-4,12-14H,5-7H2,1H3. The molecule has 0 aromatic heterocycles. The van der Waals surface area contributed by atoms with E-state index in [1.807, 2.05) is 0 Å². The molecular weight excluding hydrogens is 247 g/mol. The van der Waals surface area contributed by atoms with Crippen LogP contribution in [0.2, 0.25) is 0 Å². The number of para-hydroxylation sites is 1. The van der Waals surface area contributed by atoms with Crippen LogP contribution in [-0.4, -0.2) is 32.9 Å². The Morgan fingerprint density at radius 2 is 2.06 bits per heavy atom. The lowest BCUT2D eigenvalue weighted by Gasteiger charge is -2.07. The molecule has 7 heteroatoms. The largest absolute Gasteiger partial charge is 0.505 e. The van der Waals surface area contributed by atoms with Gasteiger partial charge in [-0.05, 0) is 6.07 Å². The van der Waals surface area contributed by atoms with Crippen LogP contribution in [0, 0.1) is 5.82 Å². The van der Waals surface area contributed by atoms with Crippen LogP contribution in [0.3, 0.4) is 0 Å². The summed E-state index contributed by atoms with van der Waals surface area (Å²) in [5, 5.41) is 12.2. The predicted octanol–water partition coefficient (Wildman–Crippen LogP) is 0.170. The third-order valence-corrected chi connectivity index (χ3v) is 2.78. The highest BCUT2D eigenvalue weighted by molar-refractivity contribution is 7.88. The second-order valence-corrected chi connectivity index (χ2v) is 5.42. The number of hydrogen-bond acceptors (Lipinski definition) is 4.